The van der Waals surface area contributed by atoms with Crippen molar-refractivity contribution in [3.05, 3.63) is 65.9 Å². The molecule has 0 saturated heterocycles. The Morgan fingerprint density at radius 2 is 2.11 bits per heavy atom. The number of fused-ring (bicyclic) bond motifs is 1. The van der Waals surface area contributed by atoms with Crippen LogP contribution in [0.4, 0.5) is 4.39 Å². The summed E-state index contributed by atoms with van der Waals surface area (Å²) in [5, 5.41) is 9.61. The summed E-state index contributed by atoms with van der Waals surface area (Å²) in [4.78, 5) is 4.03. The van der Waals surface area contributed by atoms with Crippen molar-refractivity contribution < 1.29 is 4.39 Å². The first-order valence-corrected chi connectivity index (χ1v) is 5.87. The lowest BCUT2D eigenvalue weighted by Crippen LogP contribution is -2.01. The zero-order valence-corrected chi connectivity index (χ0v) is 10.0. The van der Waals surface area contributed by atoms with Gasteiger partial charge in [-0.1, -0.05) is 12.1 Å². The van der Waals surface area contributed by atoms with E-state index in [4.69, 9.17) is 5.26 Å². The Balaban J connectivity index is 2.07. The van der Waals surface area contributed by atoms with Gasteiger partial charge in [0.05, 0.1) is 12.1 Å². The molecule has 0 radical (unpaired) electrons. The van der Waals surface area contributed by atoms with E-state index in [-0.39, 0.29) is 5.82 Å². The van der Waals surface area contributed by atoms with Gasteiger partial charge in [-0.25, -0.2) is 9.37 Å². The van der Waals surface area contributed by atoms with Crippen molar-refractivity contribution in [1.82, 2.24) is 9.55 Å². The molecule has 0 aliphatic carbocycles. The highest BCUT2D eigenvalue weighted by atomic mass is 19.1. The molecule has 4 heteroatoms. The number of halogens is 1. The third kappa shape index (κ3) is 1.95. The molecule has 0 saturated carbocycles. The van der Waals surface area contributed by atoms with E-state index in [1.165, 1.54) is 6.07 Å². The number of hydrogen-bond donors (Lipinski definition) is 0. The van der Waals surface area contributed by atoms with E-state index in [0.29, 0.717) is 17.6 Å². The van der Waals surface area contributed by atoms with Crippen LogP contribution < -0.4 is 0 Å². The summed E-state index contributed by atoms with van der Waals surface area (Å²) in [6.45, 7) is 0.504. The van der Waals surface area contributed by atoms with Crippen molar-refractivity contribution in [3.8, 4) is 6.07 Å². The molecule has 0 aliphatic heterocycles. The Labute approximate surface area is 109 Å². The van der Waals surface area contributed by atoms with Crippen LogP contribution in [0.15, 0.2) is 48.8 Å². The van der Waals surface area contributed by atoms with Crippen molar-refractivity contribution in [2.75, 3.05) is 0 Å². The van der Waals surface area contributed by atoms with E-state index in [1.807, 2.05) is 22.9 Å². The molecule has 0 fully saturated rings. The fourth-order valence-corrected chi connectivity index (χ4v) is 2.17. The van der Waals surface area contributed by atoms with Crippen LogP contribution in [0, 0.1) is 17.1 Å². The van der Waals surface area contributed by atoms with Crippen LogP contribution in [0.3, 0.4) is 0 Å². The van der Waals surface area contributed by atoms with Gasteiger partial charge in [-0.15, -0.1) is 0 Å². The number of hydrogen-bond acceptors (Lipinski definition) is 2. The molecule has 0 unspecified atom stereocenters. The monoisotopic (exact) mass is 251 g/mol. The Morgan fingerprint density at radius 3 is 2.95 bits per heavy atom. The first-order valence-electron chi connectivity index (χ1n) is 5.87. The minimum Gasteiger partial charge on any atom is -0.343 e. The van der Waals surface area contributed by atoms with Crippen LogP contribution in [0.25, 0.3) is 10.9 Å². The maximum absolute atomic E-state index is 13.6. The van der Waals surface area contributed by atoms with Crippen LogP contribution in [0.1, 0.15) is 11.3 Å². The van der Waals surface area contributed by atoms with Gasteiger partial charge in [-0.3, -0.25) is 0 Å². The standard InChI is InChI=1S/C15H10FN3/c16-13-4-1-5-15-12(13)6-8-19(15)10-11-3-2-7-18-14(11)9-17/h1-8H,10H2. The lowest BCUT2D eigenvalue weighted by molar-refractivity contribution is 0.639. The van der Waals surface area contributed by atoms with Crippen LogP contribution in [0.5, 0.6) is 0 Å². The van der Waals surface area contributed by atoms with Gasteiger partial charge in [-0.05, 0) is 24.3 Å². The average molecular weight is 251 g/mol. The number of nitriles is 1. The van der Waals surface area contributed by atoms with Crippen molar-refractivity contribution >= 4 is 10.9 Å². The summed E-state index contributed by atoms with van der Waals surface area (Å²) in [6, 6.07) is 12.5. The van der Waals surface area contributed by atoms with Crippen LogP contribution in [-0.4, -0.2) is 9.55 Å². The van der Waals surface area contributed by atoms with E-state index in [2.05, 4.69) is 11.1 Å². The molecule has 2 heterocycles. The normalized spacial score (nSPS) is 10.5. The molecule has 19 heavy (non-hydrogen) atoms. The second-order valence-corrected chi connectivity index (χ2v) is 4.24. The lowest BCUT2D eigenvalue weighted by atomic mass is 10.2. The zero-order valence-electron chi connectivity index (χ0n) is 10.0. The van der Waals surface area contributed by atoms with Gasteiger partial charge in [0.15, 0.2) is 0 Å². The molecule has 2 aromatic heterocycles. The van der Waals surface area contributed by atoms with Gasteiger partial charge in [0.25, 0.3) is 0 Å². The number of rotatable bonds is 2. The third-order valence-corrected chi connectivity index (χ3v) is 3.10. The Bertz CT molecular complexity index is 783. The van der Waals surface area contributed by atoms with Crippen LogP contribution in [-0.2, 0) is 6.54 Å². The van der Waals surface area contributed by atoms with Gasteiger partial charge in [0.1, 0.15) is 17.6 Å². The first kappa shape index (κ1) is 11.4. The molecule has 3 rings (SSSR count). The zero-order chi connectivity index (χ0) is 13.2. The van der Waals surface area contributed by atoms with Crippen LogP contribution in [0.2, 0.25) is 0 Å². The van der Waals surface area contributed by atoms with Gasteiger partial charge in [0.2, 0.25) is 0 Å². The number of benzene rings is 1. The summed E-state index contributed by atoms with van der Waals surface area (Å²) in [7, 11) is 0. The van der Waals surface area contributed by atoms with E-state index in [0.717, 1.165) is 11.1 Å². The van der Waals surface area contributed by atoms with Gasteiger partial charge in [-0.2, -0.15) is 5.26 Å². The Hall–Kier alpha value is -2.67. The highest BCUT2D eigenvalue weighted by Gasteiger charge is 2.08. The summed E-state index contributed by atoms with van der Waals surface area (Å²) in [5.41, 5.74) is 2.04. The molecule has 3 aromatic rings. The van der Waals surface area contributed by atoms with Gasteiger partial charge < -0.3 is 4.57 Å². The number of aromatic nitrogens is 2. The van der Waals surface area contributed by atoms with Crippen molar-refractivity contribution in [1.29, 1.82) is 5.26 Å². The molecule has 3 nitrogen and oxygen atoms in total. The van der Waals surface area contributed by atoms with Crippen molar-refractivity contribution in [2.24, 2.45) is 0 Å². The molecule has 92 valence electrons. The second-order valence-electron chi connectivity index (χ2n) is 4.24. The lowest BCUT2D eigenvalue weighted by Gasteiger charge is -2.06. The van der Waals surface area contributed by atoms with Crippen molar-refractivity contribution in [3.63, 3.8) is 0 Å². The highest BCUT2D eigenvalue weighted by Crippen LogP contribution is 2.20. The highest BCUT2D eigenvalue weighted by molar-refractivity contribution is 5.80. The van der Waals surface area contributed by atoms with Crippen molar-refractivity contribution in [2.45, 2.75) is 6.54 Å². The molecule has 1 aromatic carbocycles. The molecule has 0 amide bonds. The number of nitrogens with zero attached hydrogens (tertiary/aromatic N) is 3. The Kier molecular flexibility index (Phi) is 2.73. The molecule has 0 bridgehead atoms. The molecular formula is C15H10FN3. The number of pyridine rings is 1. The first-order chi connectivity index (χ1) is 9.29. The second kappa shape index (κ2) is 4.54. The SMILES string of the molecule is N#Cc1ncccc1Cn1ccc2c(F)cccc21. The minimum absolute atomic E-state index is 0.233. The van der Waals surface area contributed by atoms with Crippen LogP contribution >= 0.6 is 0 Å². The quantitative estimate of drug-likeness (QED) is 0.702. The predicted octanol–water partition coefficient (Wildman–Crippen LogP) is 3.10. The van der Waals surface area contributed by atoms with E-state index < -0.39 is 0 Å². The molecule has 0 aliphatic rings. The summed E-state index contributed by atoms with van der Waals surface area (Å²) < 4.78 is 15.5. The molecule has 0 spiro atoms. The molecular weight excluding hydrogens is 241 g/mol. The van der Waals surface area contributed by atoms with E-state index in [9.17, 15) is 4.39 Å². The average Bonchev–Trinajstić information content (AvgIpc) is 2.84. The third-order valence-electron chi connectivity index (χ3n) is 3.10. The topological polar surface area (TPSA) is 41.6 Å². The van der Waals surface area contributed by atoms with E-state index >= 15 is 0 Å². The summed E-state index contributed by atoms with van der Waals surface area (Å²) in [6.07, 6.45) is 3.41. The van der Waals surface area contributed by atoms with Gasteiger partial charge in [0, 0.05) is 23.3 Å². The van der Waals surface area contributed by atoms with Gasteiger partial charge >= 0.3 is 0 Å². The Morgan fingerprint density at radius 1 is 1.21 bits per heavy atom. The maximum Gasteiger partial charge on any atom is 0.145 e. The fraction of sp³-hybridized carbons (Fsp3) is 0.0667. The maximum atomic E-state index is 13.6. The largest absolute Gasteiger partial charge is 0.343 e. The predicted molar refractivity (Wildman–Crippen MR) is 70.0 cm³/mol. The summed E-state index contributed by atoms with van der Waals surface area (Å²) >= 11 is 0. The molecule has 0 N–H and O–H groups in total. The smallest absolute Gasteiger partial charge is 0.145 e. The summed E-state index contributed by atoms with van der Waals surface area (Å²) in [5.74, 6) is -0.233. The molecule has 0 atom stereocenters. The minimum atomic E-state index is -0.233. The van der Waals surface area contributed by atoms with E-state index in [1.54, 1.807) is 24.4 Å². The fourth-order valence-electron chi connectivity index (χ4n) is 2.17.